The fourth-order valence-corrected chi connectivity index (χ4v) is 1.33. The van der Waals surface area contributed by atoms with Crippen molar-refractivity contribution in [2.75, 3.05) is 6.61 Å². The maximum Gasteiger partial charge on any atom is 0.122 e. The zero-order chi connectivity index (χ0) is 11.3. The largest absolute Gasteiger partial charge is 0.491 e. The van der Waals surface area contributed by atoms with Crippen molar-refractivity contribution >= 4 is 0 Å². The molecule has 1 aromatic heterocycles. The van der Waals surface area contributed by atoms with E-state index in [1.807, 2.05) is 39.8 Å². The minimum absolute atomic E-state index is 0.110. The molecule has 1 rings (SSSR count). The molecule has 84 valence electrons. The summed E-state index contributed by atoms with van der Waals surface area (Å²) in [5, 5.41) is 0. The van der Waals surface area contributed by atoms with Crippen LogP contribution >= 0.6 is 0 Å². The summed E-state index contributed by atoms with van der Waals surface area (Å²) in [6.07, 6.45) is 2.10. The van der Waals surface area contributed by atoms with E-state index in [4.69, 9.17) is 9.47 Å². The summed E-state index contributed by atoms with van der Waals surface area (Å²) in [6, 6.07) is 3.77. The number of ether oxygens (including phenoxy) is 2. The van der Waals surface area contributed by atoms with Crippen molar-refractivity contribution in [1.29, 1.82) is 0 Å². The second-order valence-electron chi connectivity index (χ2n) is 3.94. The van der Waals surface area contributed by atoms with Crippen molar-refractivity contribution in [3.63, 3.8) is 0 Å². The number of hydrogen-bond donors (Lipinski definition) is 0. The molecule has 0 aliphatic carbocycles. The number of hydrogen-bond acceptors (Lipinski definition) is 3. The van der Waals surface area contributed by atoms with Gasteiger partial charge in [-0.05, 0) is 33.8 Å². The van der Waals surface area contributed by atoms with E-state index in [2.05, 4.69) is 4.98 Å². The smallest absolute Gasteiger partial charge is 0.122 e. The van der Waals surface area contributed by atoms with Gasteiger partial charge in [0.05, 0.1) is 12.2 Å². The van der Waals surface area contributed by atoms with Gasteiger partial charge in [-0.25, -0.2) is 0 Å². The molecule has 1 unspecified atom stereocenters. The van der Waals surface area contributed by atoms with Crippen molar-refractivity contribution in [3.8, 4) is 5.75 Å². The third kappa shape index (κ3) is 4.79. The maximum absolute atomic E-state index is 5.58. The topological polar surface area (TPSA) is 31.4 Å². The van der Waals surface area contributed by atoms with Gasteiger partial charge < -0.3 is 9.47 Å². The Morgan fingerprint density at radius 3 is 2.67 bits per heavy atom. The molecule has 0 radical (unpaired) electrons. The molecule has 0 fully saturated rings. The SMILES string of the molecule is Cc1cc(OCC(C)OC(C)C)ccn1. The highest BCUT2D eigenvalue weighted by Crippen LogP contribution is 2.11. The Labute approximate surface area is 91.4 Å². The average Bonchev–Trinajstić information content (AvgIpc) is 2.14. The number of rotatable bonds is 5. The van der Waals surface area contributed by atoms with Gasteiger partial charge in [0.2, 0.25) is 0 Å². The molecular formula is C12H19NO2. The molecule has 0 spiro atoms. The van der Waals surface area contributed by atoms with Crippen LogP contribution in [0.25, 0.3) is 0 Å². The van der Waals surface area contributed by atoms with E-state index in [1.165, 1.54) is 0 Å². The highest BCUT2D eigenvalue weighted by atomic mass is 16.5. The molecule has 0 aliphatic heterocycles. The van der Waals surface area contributed by atoms with Crippen LogP contribution in [0.15, 0.2) is 18.3 Å². The van der Waals surface area contributed by atoms with Crippen molar-refractivity contribution in [2.45, 2.75) is 39.9 Å². The van der Waals surface area contributed by atoms with Gasteiger partial charge in [-0.3, -0.25) is 4.98 Å². The first kappa shape index (κ1) is 12.0. The molecule has 0 amide bonds. The van der Waals surface area contributed by atoms with Crippen LogP contribution in [0.1, 0.15) is 26.5 Å². The number of nitrogens with zero attached hydrogens (tertiary/aromatic N) is 1. The molecule has 0 aliphatic rings. The Kier molecular flexibility index (Phi) is 4.56. The lowest BCUT2D eigenvalue weighted by molar-refractivity contribution is -0.00629. The number of pyridine rings is 1. The molecule has 0 N–H and O–H groups in total. The summed E-state index contributed by atoms with van der Waals surface area (Å²) < 4.78 is 11.1. The Balaban J connectivity index is 2.36. The highest BCUT2D eigenvalue weighted by Gasteiger charge is 2.05. The summed E-state index contributed by atoms with van der Waals surface area (Å²) in [4.78, 5) is 4.10. The normalized spacial score (nSPS) is 12.9. The van der Waals surface area contributed by atoms with Crippen molar-refractivity contribution < 1.29 is 9.47 Å². The molecular weight excluding hydrogens is 190 g/mol. The molecule has 3 nitrogen and oxygen atoms in total. The minimum atomic E-state index is 0.110. The predicted molar refractivity (Wildman–Crippen MR) is 60.2 cm³/mol. The molecule has 0 saturated carbocycles. The molecule has 0 bridgehead atoms. The third-order valence-corrected chi connectivity index (χ3v) is 1.86. The van der Waals surface area contributed by atoms with E-state index < -0.39 is 0 Å². The van der Waals surface area contributed by atoms with Crippen LogP contribution in [0.5, 0.6) is 5.75 Å². The van der Waals surface area contributed by atoms with Crippen LogP contribution in [0.4, 0.5) is 0 Å². The van der Waals surface area contributed by atoms with Gasteiger partial charge in [0.1, 0.15) is 12.4 Å². The average molecular weight is 209 g/mol. The van der Waals surface area contributed by atoms with E-state index in [9.17, 15) is 0 Å². The minimum Gasteiger partial charge on any atom is -0.491 e. The Hall–Kier alpha value is -1.09. The summed E-state index contributed by atoms with van der Waals surface area (Å²) in [6.45, 7) is 8.57. The second kappa shape index (κ2) is 5.71. The first-order valence-electron chi connectivity index (χ1n) is 5.29. The van der Waals surface area contributed by atoms with Crippen molar-refractivity contribution in [3.05, 3.63) is 24.0 Å². The lowest BCUT2D eigenvalue weighted by atomic mass is 10.3. The zero-order valence-electron chi connectivity index (χ0n) is 9.86. The molecule has 1 heterocycles. The Bertz CT molecular complexity index is 299. The van der Waals surface area contributed by atoms with Crippen LogP contribution < -0.4 is 4.74 Å². The van der Waals surface area contributed by atoms with Crippen molar-refractivity contribution in [2.24, 2.45) is 0 Å². The maximum atomic E-state index is 5.58. The van der Waals surface area contributed by atoms with Crippen LogP contribution in [0.2, 0.25) is 0 Å². The summed E-state index contributed by atoms with van der Waals surface area (Å²) in [5.74, 6) is 0.849. The van der Waals surface area contributed by atoms with Crippen LogP contribution in [-0.2, 0) is 4.74 Å². The molecule has 0 aromatic carbocycles. The summed E-state index contributed by atoms with van der Waals surface area (Å²) >= 11 is 0. The van der Waals surface area contributed by atoms with Crippen LogP contribution in [-0.4, -0.2) is 23.8 Å². The van der Waals surface area contributed by atoms with Gasteiger partial charge in [0.25, 0.3) is 0 Å². The quantitative estimate of drug-likeness (QED) is 0.747. The predicted octanol–water partition coefficient (Wildman–Crippen LogP) is 2.58. The van der Waals surface area contributed by atoms with E-state index >= 15 is 0 Å². The second-order valence-corrected chi connectivity index (χ2v) is 3.94. The molecule has 3 heteroatoms. The first-order valence-corrected chi connectivity index (χ1v) is 5.29. The molecule has 15 heavy (non-hydrogen) atoms. The molecule has 0 saturated heterocycles. The standard InChI is InChI=1S/C12H19NO2/c1-9(2)15-11(4)8-14-12-5-6-13-10(3)7-12/h5-7,9,11H,8H2,1-4H3. The van der Waals surface area contributed by atoms with E-state index in [1.54, 1.807) is 6.20 Å². The number of aryl methyl sites for hydroxylation is 1. The van der Waals surface area contributed by atoms with E-state index in [-0.39, 0.29) is 12.2 Å². The van der Waals surface area contributed by atoms with Gasteiger partial charge in [0, 0.05) is 18.0 Å². The summed E-state index contributed by atoms with van der Waals surface area (Å²) in [5.41, 5.74) is 0.963. The lowest BCUT2D eigenvalue weighted by Gasteiger charge is -2.16. The zero-order valence-corrected chi connectivity index (χ0v) is 9.86. The number of aromatic nitrogens is 1. The van der Waals surface area contributed by atoms with Crippen LogP contribution in [0.3, 0.4) is 0 Å². The summed E-state index contributed by atoms with van der Waals surface area (Å²) in [7, 11) is 0. The molecule has 1 aromatic rings. The van der Waals surface area contributed by atoms with E-state index in [0.717, 1.165) is 11.4 Å². The Morgan fingerprint density at radius 1 is 1.33 bits per heavy atom. The van der Waals surface area contributed by atoms with Gasteiger partial charge in [0.15, 0.2) is 0 Å². The third-order valence-electron chi connectivity index (χ3n) is 1.86. The molecule has 1 atom stereocenters. The highest BCUT2D eigenvalue weighted by molar-refractivity contribution is 5.21. The monoisotopic (exact) mass is 209 g/mol. The van der Waals surface area contributed by atoms with Crippen LogP contribution in [0, 0.1) is 6.92 Å². The fraction of sp³-hybridized carbons (Fsp3) is 0.583. The van der Waals surface area contributed by atoms with E-state index in [0.29, 0.717) is 6.61 Å². The van der Waals surface area contributed by atoms with Gasteiger partial charge in [-0.15, -0.1) is 0 Å². The van der Waals surface area contributed by atoms with Gasteiger partial charge in [-0.2, -0.15) is 0 Å². The van der Waals surface area contributed by atoms with Gasteiger partial charge >= 0.3 is 0 Å². The fourth-order valence-electron chi connectivity index (χ4n) is 1.33. The van der Waals surface area contributed by atoms with Crippen molar-refractivity contribution in [1.82, 2.24) is 4.98 Å². The lowest BCUT2D eigenvalue weighted by Crippen LogP contribution is -2.21. The first-order chi connectivity index (χ1) is 7.08. The Morgan fingerprint density at radius 2 is 2.07 bits per heavy atom. The van der Waals surface area contributed by atoms with Gasteiger partial charge in [-0.1, -0.05) is 0 Å².